The standard InChI is InChI=1S/C25H29N5O2S/c1-5-29-16(2)14-20(17(29)3)24-23(21-8-6-7-13-26-21)28-25(33)30(24)19-11-9-18(10-12-19)27-22(31)15-32-4/h6-14,23-24H,5,15H2,1-4H3,(H,27,31)(H,28,33). The van der Waals surface area contributed by atoms with E-state index in [1.165, 1.54) is 24.1 Å². The molecule has 1 fully saturated rings. The van der Waals surface area contributed by atoms with Gasteiger partial charge < -0.3 is 24.8 Å². The van der Waals surface area contributed by atoms with Crippen molar-refractivity contribution in [3.05, 3.63) is 77.4 Å². The van der Waals surface area contributed by atoms with E-state index in [0.717, 1.165) is 17.9 Å². The first-order valence-corrected chi connectivity index (χ1v) is 11.4. The van der Waals surface area contributed by atoms with Gasteiger partial charge in [-0.1, -0.05) is 6.07 Å². The number of pyridine rings is 1. The molecule has 7 nitrogen and oxygen atoms in total. The Morgan fingerprint density at radius 3 is 2.58 bits per heavy atom. The SMILES string of the molecule is CCn1c(C)cc(C2C(c3ccccn3)NC(=S)N2c2ccc(NC(=O)COC)cc2)c1C. The van der Waals surface area contributed by atoms with Gasteiger partial charge in [-0.2, -0.15) is 0 Å². The summed E-state index contributed by atoms with van der Waals surface area (Å²) in [5.74, 6) is -0.191. The van der Waals surface area contributed by atoms with Crippen molar-refractivity contribution in [1.29, 1.82) is 0 Å². The Bertz CT molecular complexity index is 1140. The maximum absolute atomic E-state index is 11.9. The highest BCUT2D eigenvalue weighted by atomic mass is 32.1. The molecule has 2 aromatic heterocycles. The number of rotatable bonds is 7. The molecule has 1 aliphatic rings. The van der Waals surface area contributed by atoms with Crippen LogP contribution >= 0.6 is 12.2 Å². The van der Waals surface area contributed by atoms with Crippen molar-refractivity contribution in [2.45, 2.75) is 39.4 Å². The molecule has 2 unspecified atom stereocenters. The summed E-state index contributed by atoms with van der Waals surface area (Å²) in [4.78, 5) is 18.6. The smallest absolute Gasteiger partial charge is 0.250 e. The van der Waals surface area contributed by atoms with Gasteiger partial charge in [0.05, 0.1) is 17.8 Å². The number of amides is 1. The van der Waals surface area contributed by atoms with E-state index >= 15 is 0 Å². The first-order valence-electron chi connectivity index (χ1n) is 11.0. The average Bonchev–Trinajstić information content (AvgIpc) is 3.30. The number of nitrogens with zero attached hydrogens (tertiary/aromatic N) is 3. The second-order valence-electron chi connectivity index (χ2n) is 8.10. The van der Waals surface area contributed by atoms with E-state index in [0.29, 0.717) is 10.8 Å². The highest BCUT2D eigenvalue weighted by Crippen LogP contribution is 2.43. The monoisotopic (exact) mass is 463 g/mol. The molecule has 0 spiro atoms. The van der Waals surface area contributed by atoms with Crippen LogP contribution in [0.5, 0.6) is 0 Å². The lowest BCUT2D eigenvalue weighted by Gasteiger charge is -2.28. The number of carbonyl (C=O) groups is 1. The molecule has 1 aromatic carbocycles. The first kappa shape index (κ1) is 22.9. The topological polar surface area (TPSA) is 71.4 Å². The summed E-state index contributed by atoms with van der Waals surface area (Å²) in [5.41, 5.74) is 6.26. The molecule has 1 amide bonds. The molecule has 4 rings (SSSR count). The van der Waals surface area contributed by atoms with Crippen molar-refractivity contribution >= 4 is 34.6 Å². The average molecular weight is 464 g/mol. The van der Waals surface area contributed by atoms with Crippen molar-refractivity contribution in [2.75, 3.05) is 23.9 Å². The fourth-order valence-electron chi connectivity index (χ4n) is 4.60. The minimum absolute atomic E-state index is 0.0166. The minimum atomic E-state index is -0.191. The van der Waals surface area contributed by atoms with Gasteiger partial charge in [0.2, 0.25) is 5.91 Å². The minimum Gasteiger partial charge on any atom is -0.375 e. The summed E-state index contributed by atoms with van der Waals surface area (Å²) in [6.07, 6.45) is 1.81. The number of nitrogens with one attached hydrogen (secondary N) is 2. The number of aromatic nitrogens is 2. The maximum Gasteiger partial charge on any atom is 0.250 e. The van der Waals surface area contributed by atoms with Gasteiger partial charge >= 0.3 is 0 Å². The van der Waals surface area contributed by atoms with Gasteiger partial charge in [0, 0.05) is 42.6 Å². The number of hydrogen-bond donors (Lipinski definition) is 2. The van der Waals surface area contributed by atoms with E-state index in [1.807, 2.05) is 48.7 Å². The van der Waals surface area contributed by atoms with Crippen LogP contribution < -0.4 is 15.5 Å². The Hall–Kier alpha value is -3.23. The summed E-state index contributed by atoms with van der Waals surface area (Å²) in [6.45, 7) is 7.38. The van der Waals surface area contributed by atoms with Crippen LogP contribution in [-0.4, -0.2) is 34.3 Å². The van der Waals surface area contributed by atoms with Gasteiger partial charge in [-0.25, -0.2) is 0 Å². The van der Waals surface area contributed by atoms with Gasteiger partial charge in [0.25, 0.3) is 0 Å². The van der Waals surface area contributed by atoms with E-state index in [4.69, 9.17) is 17.0 Å². The normalized spacial score (nSPS) is 17.8. The molecule has 0 aliphatic carbocycles. The van der Waals surface area contributed by atoms with Crippen molar-refractivity contribution in [3.8, 4) is 0 Å². The number of ether oxygens (including phenoxy) is 1. The van der Waals surface area contributed by atoms with Crippen molar-refractivity contribution in [3.63, 3.8) is 0 Å². The molecule has 2 N–H and O–H groups in total. The van der Waals surface area contributed by atoms with E-state index in [-0.39, 0.29) is 24.6 Å². The van der Waals surface area contributed by atoms with Crippen LogP contribution in [-0.2, 0) is 16.1 Å². The lowest BCUT2D eigenvalue weighted by Crippen LogP contribution is -2.29. The second kappa shape index (κ2) is 9.72. The van der Waals surface area contributed by atoms with Crippen LogP contribution in [0.25, 0.3) is 0 Å². The molecule has 172 valence electrons. The van der Waals surface area contributed by atoms with Crippen LogP contribution in [0.3, 0.4) is 0 Å². The summed E-state index contributed by atoms with van der Waals surface area (Å²) >= 11 is 5.82. The molecular formula is C25H29N5O2S. The molecule has 33 heavy (non-hydrogen) atoms. The van der Waals surface area contributed by atoms with Crippen LogP contribution in [0.4, 0.5) is 11.4 Å². The van der Waals surface area contributed by atoms with Crippen LogP contribution in [0.15, 0.2) is 54.7 Å². The lowest BCUT2D eigenvalue weighted by atomic mass is 9.96. The Morgan fingerprint density at radius 2 is 1.97 bits per heavy atom. The predicted molar refractivity (Wildman–Crippen MR) is 134 cm³/mol. The number of hydrogen-bond acceptors (Lipinski definition) is 4. The van der Waals surface area contributed by atoms with Crippen molar-refractivity contribution in [2.24, 2.45) is 0 Å². The quantitative estimate of drug-likeness (QED) is 0.510. The summed E-state index contributed by atoms with van der Waals surface area (Å²) in [6, 6.07) is 15.8. The molecule has 1 aliphatic heterocycles. The predicted octanol–water partition coefficient (Wildman–Crippen LogP) is 4.28. The Morgan fingerprint density at radius 1 is 1.21 bits per heavy atom. The summed E-state index contributed by atoms with van der Waals surface area (Å²) in [7, 11) is 1.50. The van der Waals surface area contributed by atoms with Crippen molar-refractivity contribution in [1.82, 2.24) is 14.9 Å². The number of anilines is 2. The largest absolute Gasteiger partial charge is 0.375 e. The van der Waals surface area contributed by atoms with Gasteiger partial charge in [-0.3, -0.25) is 9.78 Å². The highest BCUT2D eigenvalue weighted by molar-refractivity contribution is 7.80. The van der Waals surface area contributed by atoms with Gasteiger partial charge in [0.1, 0.15) is 6.61 Å². The fraction of sp³-hybridized carbons (Fsp3) is 0.320. The molecule has 2 atom stereocenters. The van der Waals surface area contributed by atoms with E-state index < -0.39 is 0 Å². The van der Waals surface area contributed by atoms with Gasteiger partial charge in [-0.05, 0) is 81.0 Å². The number of aryl methyl sites for hydroxylation is 1. The fourth-order valence-corrected chi connectivity index (χ4v) is 4.94. The zero-order valence-corrected chi connectivity index (χ0v) is 20.1. The lowest BCUT2D eigenvalue weighted by molar-refractivity contribution is -0.119. The summed E-state index contributed by atoms with van der Waals surface area (Å²) < 4.78 is 7.21. The van der Waals surface area contributed by atoms with Crippen LogP contribution in [0.1, 0.15) is 41.7 Å². The van der Waals surface area contributed by atoms with Gasteiger partial charge in [0.15, 0.2) is 5.11 Å². The van der Waals surface area contributed by atoms with E-state index in [1.54, 1.807) is 0 Å². The Balaban J connectivity index is 1.74. The number of thiocarbonyl (C=S) groups is 1. The second-order valence-corrected chi connectivity index (χ2v) is 8.48. The molecule has 0 radical (unpaired) electrons. The molecule has 3 heterocycles. The third-order valence-corrected chi connectivity index (χ3v) is 6.36. The van der Waals surface area contributed by atoms with E-state index in [2.05, 4.69) is 51.9 Å². The summed E-state index contributed by atoms with van der Waals surface area (Å²) in [5, 5.41) is 6.98. The first-order chi connectivity index (χ1) is 15.9. The molecule has 1 saturated heterocycles. The molecule has 3 aromatic rings. The molecule has 8 heteroatoms. The molecule has 0 bridgehead atoms. The highest BCUT2D eigenvalue weighted by Gasteiger charge is 2.42. The third kappa shape index (κ3) is 4.49. The van der Waals surface area contributed by atoms with E-state index in [9.17, 15) is 4.79 Å². The van der Waals surface area contributed by atoms with Crippen LogP contribution in [0.2, 0.25) is 0 Å². The van der Waals surface area contributed by atoms with Crippen molar-refractivity contribution < 1.29 is 9.53 Å². The zero-order valence-electron chi connectivity index (χ0n) is 19.3. The Kier molecular flexibility index (Phi) is 6.76. The number of carbonyl (C=O) groups excluding carboxylic acids is 1. The van der Waals surface area contributed by atoms with Crippen LogP contribution in [0, 0.1) is 13.8 Å². The molecule has 0 saturated carbocycles. The Labute approximate surface area is 199 Å². The molecular weight excluding hydrogens is 434 g/mol. The maximum atomic E-state index is 11.9. The number of benzene rings is 1. The zero-order chi connectivity index (χ0) is 23.5. The van der Waals surface area contributed by atoms with Gasteiger partial charge in [-0.15, -0.1) is 0 Å². The number of methoxy groups -OCH3 is 1. The third-order valence-electron chi connectivity index (χ3n) is 6.05.